The van der Waals surface area contributed by atoms with Gasteiger partial charge < -0.3 is 4.74 Å². The number of rotatable bonds is 9. The number of benzene rings is 2. The van der Waals surface area contributed by atoms with Crippen molar-refractivity contribution in [2.75, 3.05) is 53.5 Å². The summed E-state index contributed by atoms with van der Waals surface area (Å²) < 4.78 is 32.6. The van der Waals surface area contributed by atoms with Gasteiger partial charge in [0.25, 0.3) is 0 Å². The Morgan fingerprint density at radius 2 is 1.59 bits per heavy atom. The third kappa shape index (κ3) is 6.10. The van der Waals surface area contributed by atoms with E-state index in [9.17, 15) is 8.42 Å². The Hall–Kier alpha value is -1.77. The van der Waals surface area contributed by atoms with Gasteiger partial charge in [-0.1, -0.05) is 42.5 Å². The molecule has 1 heterocycles. The topological polar surface area (TPSA) is 53.1 Å². The van der Waals surface area contributed by atoms with Crippen LogP contribution in [0.5, 0.6) is 0 Å². The summed E-state index contributed by atoms with van der Waals surface area (Å²) in [5.74, 6) is 0. The molecule has 0 radical (unpaired) electrons. The number of hydrogen-bond acceptors (Lipinski definition) is 5. The van der Waals surface area contributed by atoms with Crippen molar-refractivity contribution in [2.45, 2.75) is 18.0 Å². The molecule has 0 atom stereocenters. The lowest BCUT2D eigenvalue weighted by Crippen LogP contribution is -2.46. The first-order chi connectivity index (χ1) is 14.0. The molecule has 6 nitrogen and oxygen atoms in total. The summed E-state index contributed by atoms with van der Waals surface area (Å²) >= 11 is 0. The lowest BCUT2D eigenvalue weighted by Gasteiger charge is -2.34. The highest BCUT2D eigenvalue weighted by atomic mass is 32.2. The molecule has 0 spiro atoms. The normalized spacial score (nSPS) is 16.4. The summed E-state index contributed by atoms with van der Waals surface area (Å²) in [6.07, 6.45) is 0. The third-order valence-corrected chi connectivity index (χ3v) is 7.14. The van der Waals surface area contributed by atoms with E-state index in [2.05, 4.69) is 9.80 Å². The van der Waals surface area contributed by atoms with Gasteiger partial charge in [0.05, 0.1) is 11.5 Å². The van der Waals surface area contributed by atoms with E-state index in [4.69, 9.17) is 4.74 Å². The fourth-order valence-electron chi connectivity index (χ4n) is 3.56. The Bertz CT molecular complexity index is 866. The SMILES string of the molecule is COCCN1CCN(Cc2cccc(S(=O)(=O)N(C)Cc3ccccc3)c2)CC1. The molecule has 2 aromatic rings. The molecule has 0 amide bonds. The van der Waals surface area contributed by atoms with E-state index in [1.807, 2.05) is 48.5 Å². The molecular weight excluding hydrogens is 386 g/mol. The first-order valence-electron chi connectivity index (χ1n) is 10.0. The minimum absolute atomic E-state index is 0.354. The quantitative estimate of drug-likeness (QED) is 0.627. The summed E-state index contributed by atoms with van der Waals surface area (Å²) in [6, 6.07) is 17.0. The highest BCUT2D eigenvalue weighted by Crippen LogP contribution is 2.19. The Balaban J connectivity index is 1.61. The number of nitrogens with zero attached hydrogens (tertiary/aromatic N) is 3. The standard InChI is InChI=1S/C22H31N3O3S/c1-23(18-20-7-4-3-5-8-20)29(26,27)22-10-6-9-21(17-22)19-25-13-11-24(12-14-25)15-16-28-2/h3-10,17H,11-16,18-19H2,1-2H3. The predicted molar refractivity (Wildman–Crippen MR) is 115 cm³/mol. The minimum atomic E-state index is -3.53. The van der Waals surface area contributed by atoms with Crippen molar-refractivity contribution in [3.8, 4) is 0 Å². The van der Waals surface area contributed by atoms with Crippen LogP contribution in [0.1, 0.15) is 11.1 Å². The first-order valence-corrected chi connectivity index (χ1v) is 11.5. The van der Waals surface area contributed by atoms with Gasteiger partial charge in [-0.15, -0.1) is 0 Å². The zero-order valence-electron chi connectivity index (χ0n) is 17.3. The van der Waals surface area contributed by atoms with Crippen molar-refractivity contribution in [3.63, 3.8) is 0 Å². The van der Waals surface area contributed by atoms with Gasteiger partial charge in [0.1, 0.15) is 0 Å². The van der Waals surface area contributed by atoms with E-state index < -0.39 is 10.0 Å². The second kappa shape index (κ2) is 10.3. The van der Waals surface area contributed by atoms with Gasteiger partial charge in [0, 0.05) is 60.0 Å². The summed E-state index contributed by atoms with van der Waals surface area (Å²) in [4.78, 5) is 5.13. The van der Waals surface area contributed by atoms with Gasteiger partial charge in [-0.2, -0.15) is 4.31 Å². The molecule has 0 aromatic heterocycles. The highest BCUT2D eigenvalue weighted by molar-refractivity contribution is 7.89. The van der Waals surface area contributed by atoms with Gasteiger partial charge in [-0.25, -0.2) is 8.42 Å². The molecule has 29 heavy (non-hydrogen) atoms. The van der Waals surface area contributed by atoms with Gasteiger partial charge in [-0.3, -0.25) is 9.80 Å². The van der Waals surface area contributed by atoms with Crippen LogP contribution in [0.3, 0.4) is 0 Å². The van der Waals surface area contributed by atoms with Crippen molar-refractivity contribution in [1.82, 2.24) is 14.1 Å². The zero-order chi connectivity index (χ0) is 20.7. The van der Waals surface area contributed by atoms with Gasteiger partial charge in [0.2, 0.25) is 10.0 Å². The Kier molecular flexibility index (Phi) is 7.80. The van der Waals surface area contributed by atoms with Crippen molar-refractivity contribution >= 4 is 10.0 Å². The maximum atomic E-state index is 13.0. The van der Waals surface area contributed by atoms with E-state index in [0.29, 0.717) is 11.4 Å². The molecule has 3 rings (SSSR count). The van der Waals surface area contributed by atoms with Crippen molar-refractivity contribution in [1.29, 1.82) is 0 Å². The summed E-state index contributed by atoms with van der Waals surface area (Å²) in [7, 11) is -0.163. The number of hydrogen-bond donors (Lipinski definition) is 0. The molecule has 0 aliphatic carbocycles. The van der Waals surface area contributed by atoms with Crippen LogP contribution in [-0.2, 0) is 27.8 Å². The number of methoxy groups -OCH3 is 1. The maximum Gasteiger partial charge on any atom is 0.243 e. The molecule has 2 aromatic carbocycles. The number of piperazine rings is 1. The Morgan fingerprint density at radius 3 is 2.28 bits per heavy atom. The fourth-order valence-corrected chi connectivity index (χ4v) is 4.79. The third-order valence-electron chi connectivity index (χ3n) is 5.34. The van der Waals surface area contributed by atoms with Crippen LogP contribution in [0, 0.1) is 0 Å². The van der Waals surface area contributed by atoms with Crippen molar-refractivity contribution in [3.05, 3.63) is 65.7 Å². The van der Waals surface area contributed by atoms with E-state index in [1.54, 1.807) is 20.2 Å². The molecule has 0 unspecified atom stereocenters. The second-order valence-corrected chi connectivity index (χ2v) is 9.55. The van der Waals surface area contributed by atoms with Crippen molar-refractivity contribution in [2.24, 2.45) is 0 Å². The van der Waals surface area contributed by atoms with Gasteiger partial charge in [-0.05, 0) is 23.3 Å². The molecule has 1 aliphatic heterocycles. The number of ether oxygens (including phenoxy) is 1. The van der Waals surface area contributed by atoms with Crippen LogP contribution in [0.2, 0.25) is 0 Å². The molecule has 0 saturated carbocycles. The smallest absolute Gasteiger partial charge is 0.243 e. The molecule has 1 fully saturated rings. The monoisotopic (exact) mass is 417 g/mol. The van der Waals surface area contributed by atoms with Gasteiger partial charge >= 0.3 is 0 Å². The van der Waals surface area contributed by atoms with E-state index in [1.165, 1.54) is 4.31 Å². The second-order valence-electron chi connectivity index (χ2n) is 7.50. The van der Waals surface area contributed by atoms with E-state index >= 15 is 0 Å². The van der Waals surface area contributed by atoms with Gasteiger partial charge in [0.15, 0.2) is 0 Å². The lowest BCUT2D eigenvalue weighted by molar-refractivity contribution is 0.0938. The van der Waals surface area contributed by atoms with Crippen LogP contribution in [0.15, 0.2) is 59.5 Å². The zero-order valence-corrected chi connectivity index (χ0v) is 18.1. The average molecular weight is 418 g/mol. The van der Waals surface area contributed by atoms with Crippen LogP contribution < -0.4 is 0 Å². The molecule has 158 valence electrons. The van der Waals surface area contributed by atoms with Crippen LogP contribution in [0.25, 0.3) is 0 Å². The van der Waals surface area contributed by atoms with Crippen LogP contribution >= 0.6 is 0 Å². The van der Waals surface area contributed by atoms with Crippen LogP contribution in [-0.4, -0.2) is 76.0 Å². The summed E-state index contributed by atoms with van der Waals surface area (Å²) in [5.41, 5.74) is 2.01. The molecule has 7 heteroatoms. The molecular formula is C22H31N3O3S. The van der Waals surface area contributed by atoms with Crippen molar-refractivity contribution < 1.29 is 13.2 Å². The highest BCUT2D eigenvalue weighted by Gasteiger charge is 2.22. The predicted octanol–water partition coefficient (Wildman–Crippen LogP) is 2.27. The summed E-state index contributed by atoms with van der Waals surface area (Å²) in [6.45, 7) is 6.84. The first kappa shape index (κ1) is 21.9. The molecule has 1 aliphatic rings. The van der Waals surface area contributed by atoms with Crippen LogP contribution in [0.4, 0.5) is 0 Å². The largest absolute Gasteiger partial charge is 0.383 e. The molecule has 0 N–H and O–H groups in total. The lowest BCUT2D eigenvalue weighted by atomic mass is 10.2. The van der Waals surface area contributed by atoms with E-state index in [0.717, 1.165) is 57.0 Å². The average Bonchev–Trinajstić information content (AvgIpc) is 2.74. The number of sulfonamides is 1. The molecule has 1 saturated heterocycles. The Morgan fingerprint density at radius 1 is 0.931 bits per heavy atom. The van der Waals surface area contributed by atoms with E-state index in [-0.39, 0.29) is 0 Å². The maximum absolute atomic E-state index is 13.0. The molecule has 0 bridgehead atoms. The summed E-state index contributed by atoms with van der Waals surface area (Å²) in [5, 5.41) is 0. The fraction of sp³-hybridized carbons (Fsp3) is 0.455. The minimum Gasteiger partial charge on any atom is -0.383 e. The Labute approximate surface area is 174 Å².